The van der Waals surface area contributed by atoms with Crippen molar-refractivity contribution in [2.45, 2.75) is 25.7 Å². The molecule has 100 valence electrons. The van der Waals surface area contributed by atoms with E-state index in [1.165, 1.54) is 23.3 Å². The number of aryl methyl sites for hydroxylation is 1. The summed E-state index contributed by atoms with van der Waals surface area (Å²) in [6.07, 6.45) is 6.37. The number of hydrogen-bond acceptors (Lipinski definition) is 3. The van der Waals surface area contributed by atoms with Gasteiger partial charge in [0.2, 0.25) is 0 Å². The first-order chi connectivity index (χ1) is 9.79. The number of hydrogen-bond donors (Lipinski definition) is 0. The van der Waals surface area contributed by atoms with Crippen LogP contribution in [0.4, 0.5) is 5.00 Å². The first kappa shape index (κ1) is 13.5. The fourth-order valence-corrected chi connectivity index (χ4v) is 4.04. The topological polar surface area (TPSA) is 36.1 Å². The summed E-state index contributed by atoms with van der Waals surface area (Å²) < 4.78 is 1.02. The highest BCUT2D eigenvalue weighted by Crippen LogP contribution is 2.39. The quantitative estimate of drug-likeness (QED) is 0.705. The molecule has 4 heteroatoms. The van der Waals surface area contributed by atoms with Crippen molar-refractivity contribution in [2.75, 3.05) is 0 Å². The maximum atomic E-state index is 9.39. The molecule has 2 nitrogen and oxygen atoms in total. The number of nitriles is 1. The molecule has 0 fully saturated rings. The summed E-state index contributed by atoms with van der Waals surface area (Å²) >= 11 is 5.19. The summed E-state index contributed by atoms with van der Waals surface area (Å²) in [5.41, 5.74) is 3.05. The Bertz CT molecular complexity index is 710. The van der Waals surface area contributed by atoms with E-state index < -0.39 is 0 Å². The SMILES string of the molecule is N#Cc1c(/N=C/c2ccccc2Br)sc2c1CCCC2. The minimum Gasteiger partial charge on any atom is -0.244 e. The van der Waals surface area contributed by atoms with Gasteiger partial charge in [-0.25, -0.2) is 4.99 Å². The minimum absolute atomic E-state index is 0.785. The molecular formula is C16H13BrN2S. The molecule has 20 heavy (non-hydrogen) atoms. The lowest BCUT2D eigenvalue weighted by Gasteiger charge is -2.09. The average Bonchev–Trinajstić information content (AvgIpc) is 2.84. The van der Waals surface area contributed by atoms with Crippen LogP contribution in [0.25, 0.3) is 0 Å². The molecule has 1 aliphatic rings. The molecule has 0 saturated heterocycles. The van der Waals surface area contributed by atoms with E-state index >= 15 is 0 Å². The standard InChI is InChI=1S/C16H13BrN2S/c17-14-7-3-1-5-11(14)10-19-16-13(9-18)12-6-2-4-8-15(12)20-16/h1,3,5,7,10H,2,4,6,8H2/b19-10+. The highest BCUT2D eigenvalue weighted by Gasteiger charge is 2.20. The third-order valence-corrected chi connectivity index (χ3v) is 5.41. The zero-order chi connectivity index (χ0) is 13.9. The molecule has 0 N–H and O–H groups in total. The van der Waals surface area contributed by atoms with Crippen molar-refractivity contribution in [3.63, 3.8) is 0 Å². The predicted molar refractivity (Wildman–Crippen MR) is 87.1 cm³/mol. The Morgan fingerprint density at radius 1 is 1.25 bits per heavy atom. The van der Waals surface area contributed by atoms with Crippen molar-refractivity contribution in [2.24, 2.45) is 4.99 Å². The molecule has 0 amide bonds. The highest BCUT2D eigenvalue weighted by molar-refractivity contribution is 9.10. The molecule has 2 aromatic rings. The van der Waals surface area contributed by atoms with Crippen LogP contribution in [-0.4, -0.2) is 6.21 Å². The van der Waals surface area contributed by atoms with Crippen LogP contribution in [0, 0.1) is 11.3 Å². The Hall–Kier alpha value is -1.44. The zero-order valence-corrected chi connectivity index (χ0v) is 13.3. The van der Waals surface area contributed by atoms with Gasteiger partial charge in [-0.05, 0) is 37.3 Å². The van der Waals surface area contributed by atoms with Crippen molar-refractivity contribution in [3.05, 3.63) is 50.3 Å². The Morgan fingerprint density at radius 3 is 2.85 bits per heavy atom. The Labute approximate surface area is 130 Å². The van der Waals surface area contributed by atoms with Gasteiger partial charge in [-0.1, -0.05) is 34.1 Å². The molecule has 1 heterocycles. The third-order valence-electron chi connectivity index (χ3n) is 3.49. The molecule has 0 aliphatic heterocycles. The second-order valence-electron chi connectivity index (χ2n) is 4.78. The lowest BCUT2D eigenvalue weighted by molar-refractivity contribution is 0.696. The van der Waals surface area contributed by atoms with Crippen LogP contribution in [0.15, 0.2) is 33.7 Å². The van der Waals surface area contributed by atoms with Crippen LogP contribution in [0.1, 0.15) is 34.4 Å². The van der Waals surface area contributed by atoms with E-state index in [-0.39, 0.29) is 0 Å². The highest BCUT2D eigenvalue weighted by atomic mass is 79.9. The zero-order valence-electron chi connectivity index (χ0n) is 10.9. The number of thiophene rings is 1. The molecule has 1 aliphatic carbocycles. The van der Waals surface area contributed by atoms with Crippen molar-refractivity contribution in [1.29, 1.82) is 5.26 Å². The number of halogens is 1. The van der Waals surface area contributed by atoms with E-state index in [0.717, 1.165) is 33.4 Å². The van der Waals surface area contributed by atoms with Gasteiger partial charge < -0.3 is 0 Å². The summed E-state index contributed by atoms with van der Waals surface area (Å²) in [5, 5.41) is 10.2. The second kappa shape index (κ2) is 5.90. The van der Waals surface area contributed by atoms with Crippen LogP contribution in [0.5, 0.6) is 0 Å². The summed E-state index contributed by atoms with van der Waals surface area (Å²) in [7, 11) is 0. The van der Waals surface area contributed by atoms with Crippen molar-refractivity contribution < 1.29 is 0 Å². The van der Waals surface area contributed by atoms with Crippen molar-refractivity contribution in [3.8, 4) is 6.07 Å². The molecule has 0 bridgehead atoms. The van der Waals surface area contributed by atoms with E-state index in [1.807, 2.05) is 30.5 Å². The molecule has 0 saturated carbocycles. The van der Waals surface area contributed by atoms with Crippen LogP contribution in [0.3, 0.4) is 0 Å². The second-order valence-corrected chi connectivity index (χ2v) is 6.72. The minimum atomic E-state index is 0.785. The maximum Gasteiger partial charge on any atom is 0.134 e. The molecule has 0 atom stereocenters. The fraction of sp³-hybridized carbons (Fsp3) is 0.250. The Kier molecular flexibility index (Phi) is 4.00. The van der Waals surface area contributed by atoms with Gasteiger partial charge in [0.15, 0.2) is 0 Å². The summed E-state index contributed by atoms with van der Waals surface area (Å²) in [6.45, 7) is 0. The van der Waals surface area contributed by atoms with E-state index in [9.17, 15) is 5.26 Å². The Balaban J connectivity index is 1.97. The van der Waals surface area contributed by atoms with Gasteiger partial charge in [0.25, 0.3) is 0 Å². The summed E-state index contributed by atoms with van der Waals surface area (Å²) in [6, 6.07) is 10.3. The fourth-order valence-electron chi connectivity index (χ4n) is 2.47. The van der Waals surface area contributed by atoms with Crippen LogP contribution >= 0.6 is 27.3 Å². The molecule has 0 unspecified atom stereocenters. The number of nitrogens with zero attached hydrogens (tertiary/aromatic N) is 2. The average molecular weight is 345 g/mol. The smallest absolute Gasteiger partial charge is 0.134 e. The van der Waals surface area contributed by atoms with E-state index in [2.05, 4.69) is 27.0 Å². The number of benzene rings is 1. The van der Waals surface area contributed by atoms with Crippen LogP contribution in [0.2, 0.25) is 0 Å². The first-order valence-electron chi connectivity index (χ1n) is 6.63. The molecule has 3 rings (SSSR count). The predicted octanol–water partition coefficient (Wildman–Crippen LogP) is 5.01. The molecule has 1 aromatic carbocycles. The summed E-state index contributed by atoms with van der Waals surface area (Å²) in [4.78, 5) is 5.91. The van der Waals surface area contributed by atoms with Gasteiger partial charge in [0.05, 0.1) is 5.56 Å². The van der Waals surface area contributed by atoms with E-state index in [1.54, 1.807) is 11.3 Å². The van der Waals surface area contributed by atoms with E-state index in [0.29, 0.717) is 0 Å². The first-order valence-corrected chi connectivity index (χ1v) is 8.24. The van der Waals surface area contributed by atoms with Gasteiger partial charge in [-0.15, -0.1) is 11.3 Å². The number of aliphatic imine (C=N–C) groups is 1. The van der Waals surface area contributed by atoms with Gasteiger partial charge in [-0.2, -0.15) is 5.26 Å². The maximum absolute atomic E-state index is 9.39. The normalized spacial score (nSPS) is 14.2. The van der Waals surface area contributed by atoms with Gasteiger partial charge in [-0.3, -0.25) is 0 Å². The molecule has 0 radical (unpaired) electrons. The van der Waals surface area contributed by atoms with Gasteiger partial charge >= 0.3 is 0 Å². The molecular weight excluding hydrogens is 332 g/mol. The molecule has 1 aromatic heterocycles. The van der Waals surface area contributed by atoms with Crippen molar-refractivity contribution in [1.82, 2.24) is 0 Å². The molecule has 0 spiro atoms. The summed E-state index contributed by atoms with van der Waals surface area (Å²) in [5.74, 6) is 0. The Morgan fingerprint density at radius 2 is 2.05 bits per heavy atom. The van der Waals surface area contributed by atoms with Gasteiger partial charge in [0.1, 0.15) is 11.1 Å². The monoisotopic (exact) mass is 344 g/mol. The van der Waals surface area contributed by atoms with E-state index in [4.69, 9.17) is 0 Å². The number of rotatable bonds is 2. The van der Waals surface area contributed by atoms with Gasteiger partial charge in [0, 0.05) is 21.1 Å². The van der Waals surface area contributed by atoms with Crippen LogP contribution in [-0.2, 0) is 12.8 Å². The largest absolute Gasteiger partial charge is 0.244 e. The lowest BCUT2D eigenvalue weighted by atomic mass is 9.96. The van der Waals surface area contributed by atoms with Crippen LogP contribution < -0.4 is 0 Å². The van der Waals surface area contributed by atoms with Crippen molar-refractivity contribution >= 4 is 38.5 Å². The lowest BCUT2D eigenvalue weighted by Crippen LogP contribution is -1.99. The number of fused-ring (bicyclic) bond motifs is 1. The third kappa shape index (κ3) is 2.56.